The number of benzene rings is 2. The van der Waals surface area contributed by atoms with Gasteiger partial charge in [0, 0.05) is 0 Å². The van der Waals surface area contributed by atoms with Crippen LogP contribution in [0.3, 0.4) is 0 Å². The van der Waals surface area contributed by atoms with Gasteiger partial charge in [0.2, 0.25) is 0 Å². The van der Waals surface area contributed by atoms with Crippen molar-refractivity contribution in [2.24, 2.45) is 5.73 Å². The second-order valence-electron chi connectivity index (χ2n) is 4.83. The molecule has 120 valence electrons. The Bertz CT molecular complexity index is 698. The van der Waals surface area contributed by atoms with Gasteiger partial charge < -0.3 is 20.5 Å². The van der Waals surface area contributed by atoms with E-state index in [2.05, 4.69) is 5.32 Å². The average Bonchev–Trinajstić information content (AvgIpc) is 2.55. The van der Waals surface area contributed by atoms with E-state index < -0.39 is 12.0 Å². The molecular weight excluding hydrogens is 296 g/mol. The van der Waals surface area contributed by atoms with Crippen LogP contribution in [0.5, 0.6) is 11.5 Å². The summed E-state index contributed by atoms with van der Waals surface area (Å²) >= 11 is 0. The fourth-order valence-electron chi connectivity index (χ4n) is 1.95. The molecule has 0 saturated heterocycles. The number of anilines is 1. The zero-order chi connectivity index (χ0) is 16.8. The Morgan fingerprint density at radius 2 is 1.65 bits per heavy atom. The van der Waals surface area contributed by atoms with E-state index in [1.807, 2.05) is 0 Å². The van der Waals surface area contributed by atoms with Gasteiger partial charge in [-0.15, -0.1) is 0 Å². The number of ether oxygens (including phenoxy) is 2. The van der Waals surface area contributed by atoms with Crippen LogP contribution in [0.15, 0.2) is 48.5 Å². The molecule has 23 heavy (non-hydrogen) atoms. The van der Waals surface area contributed by atoms with E-state index in [4.69, 9.17) is 15.2 Å². The Balaban J connectivity index is 2.04. The number of para-hydroxylation sites is 1. The standard InChI is InChI=1S/C17H18N2O4/c1-11(23-13-9-7-12(22-2)8-10-13)17(21)19-15-6-4-3-5-14(15)16(18)20/h3-11H,1-2H3,(H2,18,20)(H,19,21)/t11-/m1/s1. The first-order chi connectivity index (χ1) is 11.0. The number of methoxy groups -OCH3 is 1. The smallest absolute Gasteiger partial charge is 0.265 e. The molecule has 0 fully saturated rings. The summed E-state index contributed by atoms with van der Waals surface area (Å²) in [4.78, 5) is 23.6. The summed E-state index contributed by atoms with van der Waals surface area (Å²) in [6.45, 7) is 1.62. The van der Waals surface area contributed by atoms with Crippen molar-refractivity contribution in [1.82, 2.24) is 0 Å². The zero-order valence-electron chi connectivity index (χ0n) is 12.9. The molecule has 2 aromatic rings. The van der Waals surface area contributed by atoms with Crippen LogP contribution in [0, 0.1) is 0 Å². The second-order valence-corrected chi connectivity index (χ2v) is 4.83. The molecule has 2 aromatic carbocycles. The lowest BCUT2D eigenvalue weighted by Crippen LogP contribution is -2.31. The van der Waals surface area contributed by atoms with Gasteiger partial charge in [-0.25, -0.2) is 0 Å². The molecule has 0 bridgehead atoms. The van der Waals surface area contributed by atoms with E-state index in [9.17, 15) is 9.59 Å². The monoisotopic (exact) mass is 314 g/mol. The highest BCUT2D eigenvalue weighted by atomic mass is 16.5. The molecule has 6 heteroatoms. The average molecular weight is 314 g/mol. The van der Waals surface area contributed by atoms with Crippen molar-refractivity contribution in [3.8, 4) is 11.5 Å². The van der Waals surface area contributed by atoms with Crippen LogP contribution in [0.1, 0.15) is 17.3 Å². The molecular formula is C17H18N2O4. The third-order valence-corrected chi connectivity index (χ3v) is 3.19. The van der Waals surface area contributed by atoms with Crippen LogP contribution in [-0.2, 0) is 4.79 Å². The van der Waals surface area contributed by atoms with Gasteiger partial charge in [0.1, 0.15) is 11.5 Å². The maximum Gasteiger partial charge on any atom is 0.265 e. The molecule has 2 amide bonds. The molecule has 0 aliphatic rings. The number of hydrogen-bond donors (Lipinski definition) is 2. The fraction of sp³-hybridized carbons (Fsp3) is 0.176. The highest BCUT2D eigenvalue weighted by molar-refractivity contribution is 6.03. The number of nitrogens with one attached hydrogen (secondary N) is 1. The van der Waals surface area contributed by atoms with Gasteiger partial charge in [-0.3, -0.25) is 9.59 Å². The molecule has 3 N–H and O–H groups in total. The van der Waals surface area contributed by atoms with E-state index in [-0.39, 0.29) is 11.5 Å². The normalized spacial score (nSPS) is 11.4. The maximum absolute atomic E-state index is 12.2. The first kappa shape index (κ1) is 16.4. The zero-order valence-corrected chi connectivity index (χ0v) is 12.9. The Hall–Kier alpha value is -3.02. The quantitative estimate of drug-likeness (QED) is 0.855. The van der Waals surface area contributed by atoms with Crippen LogP contribution >= 0.6 is 0 Å². The summed E-state index contributed by atoms with van der Waals surface area (Å²) in [5.74, 6) is 0.251. The highest BCUT2D eigenvalue weighted by Crippen LogP contribution is 2.19. The van der Waals surface area contributed by atoms with Crippen molar-refractivity contribution in [1.29, 1.82) is 0 Å². The first-order valence-electron chi connectivity index (χ1n) is 7.01. The second kappa shape index (κ2) is 7.31. The van der Waals surface area contributed by atoms with E-state index in [1.54, 1.807) is 62.6 Å². The third-order valence-electron chi connectivity index (χ3n) is 3.19. The Kier molecular flexibility index (Phi) is 5.19. The predicted molar refractivity (Wildman–Crippen MR) is 86.7 cm³/mol. The van der Waals surface area contributed by atoms with Crippen LogP contribution in [0.2, 0.25) is 0 Å². The molecule has 0 spiro atoms. The molecule has 0 unspecified atom stereocenters. The lowest BCUT2D eigenvalue weighted by molar-refractivity contribution is -0.122. The van der Waals surface area contributed by atoms with Gasteiger partial charge >= 0.3 is 0 Å². The van der Waals surface area contributed by atoms with Crippen molar-refractivity contribution in [2.75, 3.05) is 12.4 Å². The third kappa shape index (κ3) is 4.23. The summed E-state index contributed by atoms with van der Waals surface area (Å²) in [6, 6.07) is 13.4. The lowest BCUT2D eigenvalue weighted by atomic mass is 10.1. The van der Waals surface area contributed by atoms with E-state index in [0.717, 1.165) is 0 Å². The van der Waals surface area contributed by atoms with Gasteiger partial charge in [-0.2, -0.15) is 0 Å². The number of nitrogens with two attached hydrogens (primary N) is 1. The maximum atomic E-state index is 12.2. The van der Waals surface area contributed by atoms with Gasteiger partial charge in [0.05, 0.1) is 18.4 Å². The van der Waals surface area contributed by atoms with E-state index in [1.165, 1.54) is 0 Å². The van der Waals surface area contributed by atoms with E-state index in [0.29, 0.717) is 17.2 Å². The summed E-state index contributed by atoms with van der Waals surface area (Å²) in [5.41, 5.74) is 5.89. The molecule has 0 aliphatic carbocycles. The lowest BCUT2D eigenvalue weighted by Gasteiger charge is -2.16. The molecule has 1 atom stereocenters. The highest BCUT2D eigenvalue weighted by Gasteiger charge is 2.17. The van der Waals surface area contributed by atoms with Crippen LogP contribution < -0.4 is 20.5 Å². The summed E-state index contributed by atoms with van der Waals surface area (Å²) in [7, 11) is 1.57. The summed E-state index contributed by atoms with van der Waals surface area (Å²) in [5, 5.41) is 2.64. The molecule has 0 heterocycles. The van der Waals surface area contributed by atoms with Gasteiger partial charge in [0.15, 0.2) is 6.10 Å². The van der Waals surface area contributed by atoms with Gasteiger partial charge in [-0.05, 0) is 43.3 Å². The minimum Gasteiger partial charge on any atom is -0.497 e. The number of rotatable bonds is 6. The molecule has 0 aromatic heterocycles. The predicted octanol–water partition coefficient (Wildman–Crippen LogP) is 2.20. The number of primary amides is 1. The first-order valence-corrected chi connectivity index (χ1v) is 7.01. The molecule has 0 radical (unpaired) electrons. The topological polar surface area (TPSA) is 90.7 Å². The fourth-order valence-corrected chi connectivity index (χ4v) is 1.95. The Morgan fingerprint density at radius 1 is 1.04 bits per heavy atom. The van der Waals surface area contributed by atoms with E-state index >= 15 is 0 Å². The Morgan fingerprint density at radius 3 is 2.26 bits per heavy atom. The van der Waals surface area contributed by atoms with Crippen LogP contribution in [0.4, 0.5) is 5.69 Å². The molecule has 0 saturated carbocycles. The number of amides is 2. The van der Waals surface area contributed by atoms with Crippen molar-refractivity contribution >= 4 is 17.5 Å². The number of carbonyl (C=O) groups is 2. The van der Waals surface area contributed by atoms with Crippen molar-refractivity contribution in [3.63, 3.8) is 0 Å². The minimum atomic E-state index is -0.746. The minimum absolute atomic E-state index is 0.248. The molecule has 0 aliphatic heterocycles. The SMILES string of the molecule is COc1ccc(O[C@H](C)C(=O)Nc2ccccc2C(N)=O)cc1. The van der Waals surface area contributed by atoms with Gasteiger partial charge in [-0.1, -0.05) is 12.1 Å². The number of carbonyl (C=O) groups excluding carboxylic acids is 2. The van der Waals surface area contributed by atoms with Crippen LogP contribution in [0.25, 0.3) is 0 Å². The van der Waals surface area contributed by atoms with Crippen molar-refractivity contribution in [2.45, 2.75) is 13.0 Å². The van der Waals surface area contributed by atoms with Crippen LogP contribution in [-0.4, -0.2) is 25.0 Å². The van der Waals surface area contributed by atoms with Gasteiger partial charge in [0.25, 0.3) is 11.8 Å². The molecule has 2 rings (SSSR count). The molecule has 6 nitrogen and oxygen atoms in total. The summed E-state index contributed by atoms with van der Waals surface area (Å²) < 4.78 is 10.6. The van der Waals surface area contributed by atoms with Crippen molar-refractivity contribution < 1.29 is 19.1 Å². The Labute approximate surface area is 134 Å². The number of hydrogen-bond acceptors (Lipinski definition) is 4. The van der Waals surface area contributed by atoms with Crippen molar-refractivity contribution in [3.05, 3.63) is 54.1 Å². The summed E-state index contributed by atoms with van der Waals surface area (Å²) in [6.07, 6.45) is -0.746. The largest absolute Gasteiger partial charge is 0.497 e.